The number of aromatic nitrogens is 1. The Balaban J connectivity index is 1.99. The lowest BCUT2D eigenvalue weighted by Crippen LogP contribution is -2.18. The van der Waals surface area contributed by atoms with Crippen LogP contribution in [-0.4, -0.2) is 10.3 Å². The standard InChI is InChI=1S/C13H13BrN2OS/c14-10-4-5-11(15)12(9-10)18-8-7-16-6-2-1-3-13(16)17/h1-6,9H,7-8,15H2. The Kier molecular flexibility index (Phi) is 4.49. The van der Waals surface area contributed by atoms with Gasteiger partial charge in [-0.25, -0.2) is 0 Å². The Morgan fingerprint density at radius 1 is 1.28 bits per heavy atom. The summed E-state index contributed by atoms with van der Waals surface area (Å²) in [6, 6.07) is 11.0. The normalized spacial score (nSPS) is 10.5. The molecule has 1 aromatic carbocycles. The lowest BCUT2D eigenvalue weighted by atomic mass is 10.3. The van der Waals surface area contributed by atoms with Crippen LogP contribution in [0.3, 0.4) is 0 Å². The van der Waals surface area contributed by atoms with Crippen molar-refractivity contribution < 1.29 is 0 Å². The molecular formula is C13H13BrN2OS. The number of thioether (sulfide) groups is 1. The van der Waals surface area contributed by atoms with Gasteiger partial charge in [-0.1, -0.05) is 22.0 Å². The first-order valence-corrected chi connectivity index (χ1v) is 7.28. The van der Waals surface area contributed by atoms with Gasteiger partial charge in [0.25, 0.3) is 5.56 Å². The van der Waals surface area contributed by atoms with Gasteiger partial charge in [-0.15, -0.1) is 11.8 Å². The van der Waals surface area contributed by atoms with Crippen molar-refractivity contribution in [1.82, 2.24) is 4.57 Å². The van der Waals surface area contributed by atoms with Gasteiger partial charge in [0.2, 0.25) is 0 Å². The molecule has 0 saturated carbocycles. The van der Waals surface area contributed by atoms with Gasteiger partial charge < -0.3 is 10.3 Å². The molecule has 0 aliphatic heterocycles. The minimum absolute atomic E-state index is 0.0281. The van der Waals surface area contributed by atoms with E-state index in [9.17, 15) is 4.79 Å². The van der Waals surface area contributed by atoms with Crippen LogP contribution in [0.4, 0.5) is 5.69 Å². The number of nitrogen functional groups attached to an aromatic ring is 1. The molecule has 3 nitrogen and oxygen atoms in total. The third kappa shape index (κ3) is 3.40. The third-order valence-corrected chi connectivity index (χ3v) is 4.01. The molecule has 0 aliphatic carbocycles. The number of hydrogen-bond acceptors (Lipinski definition) is 3. The van der Waals surface area contributed by atoms with E-state index in [2.05, 4.69) is 15.9 Å². The summed E-state index contributed by atoms with van der Waals surface area (Å²) in [5.74, 6) is 0.810. The molecule has 0 aliphatic rings. The maximum atomic E-state index is 11.5. The van der Waals surface area contributed by atoms with E-state index in [0.29, 0.717) is 6.54 Å². The number of halogens is 1. The van der Waals surface area contributed by atoms with Crippen molar-refractivity contribution in [2.24, 2.45) is 0 Å². The summed E-state index contributed by atoms with van der Waals surface area (Å²) >= 11 is 5.07. The van der Waals surface area contributed by atoms with E-state index in [1.807, 2.05) is 24.3 Å². The highest BCUT2D eigenvalue weighted by Gasteiger charge is 2.01. The fourth-order valence-corrected chi connectivity index (χ4v) is 3.00. The average Bonchev–Trinajstić information content (AvgIpc) is 2.36. The van der Waals surface area contributed by atoms with Crippen LogP contribution in [0.15, 0.2) is 56.8 Å². The summed E-state index contributed by atoms with van der Waals surface area (Å²) in [7, 11) is 0. The molecule has 2 N–H and O–H groups in total. The molecule has 0 spiro atoms. The highest BCUT2D eigenvalue weighted by molar-refractivity contribution is 9.10. The van der Waals surface area contributed by atoms with Crippen LogP contribution in [0.2, 0.25) is 0 Å². The first-order chi connectivity index (χ1) is 8.66. The van der Waals surface area contributed by atoms with Gasteiger partial charge in [-0.05, 0) is 24.3 Å². The fourth-order valence-electron chi connectivity index (χ4n) is 1.53. The van der Waals surface area contributed by atoms with Gasteiger partial charge in [0, 0.05) is 39.6 Å². The van der Waals surface area contributed by atoms with Crippen molar-refractivity contribution in [3.8, 4) is 0 Å². The lowest BCUT2D eigenvalue weighted by Gasteiger charge is -2.07. The molecule has 18 heavy (non-hydrogen) atoms. The maximum Gasteiger partial charge on any atom is 0.250 e. The largest absolute Gasteiger partial charge is 0.398 e. The minimum atomic E-state index is 0.0281. The molecule has 0 unspecified atom stereocenters. The number of aryl methyl sites for hydroxylation is 1. The van der Waals surface area contributed by atoms with Crippen LogP contribution >= 0.6 is 27.7 Å². The van der Waals surface area contributed by atoms with Crippen molar-refractivity contribution in [3.63, 3.8) is 0 Å². The van der Waals surface area contributed by atoms with E-state index in [1.54, 1.807) is 34.7 Å². The molecule has 0 saturated heterocycles. The van der Waals surface area contributed by atoms with Crippen molar-refractivity contribution in [2.75, 3.05) is 11.5 Å². The summed E-state index contributed by atoms with van der Waals surface area (Å²) < 4.78 is 2.71. The number of hydrogen-bond donors (Lipinski definition) is 1. The summed E-state index contributed by atoms with van der Waals surface area (Å²) in [5, 5.41) is 0. The smallest absolute Gasteiger partial charge is 0.250 e. The monoisotopic (exact) mass is 324 g/mol. The van der Waals surface area contributed by atoms with Gasteiger partial charge in [0.1, 0.15) is 0 Å². The zero-order chi connectivity index (χ0) is 13.0. The molecular weight excluding hydrogens is 312 g/mol. The molecule has 94 valence electrons. The van der Waals surface area contributed by atoms with E-state index in [1.165, 1.54) is 0 Å². The average molecular weight is 325 g/mol. The zero-order valence-corrected chi connectivity index (χ0v) is 12.1. The Labute approximate surface area is 118 Å². The minimum Gasteiger partial charge on any atom is -0.398 e. The Morgan fingerprint density at radius 2 is 2.11 bits per heavy atom. The second kappa shape index (κ2) is 6.11. The molecule has 5 heteroatoms. The number of anilines is 1. The molecule has 0 radical (unpaired) electrons. The van der Waals surface area contributed by atoms with Crippen molar-refractivity contribution in [2.45, 2.75) is 11.4 Å². The van der Waals surface area contributed by atoms with E-state index in [0.717, 1.165) is 20.8 Å². The van der Waals surface area contributed by atoms with Crippen LogP contribution in [0.25, 0.3) is 0 Å². The number of benzene rings is 1. The molecule has 2 aromatic rings. The van der Waals surface area contributed by atoms with Crippen molar-refractivity contribution >= 4 is 33.4 Å². The second-order valence-electron chi connectivity index (χ2n) is 3.76. The summed E-state index contributed by atoms with van der Waals surface area (Å²) in [6.07, 6.45) is 1.80. The maximum absolute atomic E-state index is 11.5. The quantitative estimate of drug-likeness (QED) is 0.694. The number of rotatable bonds is 4. The highest BCUT2D eigenvalue weighted by Crippen LogP contribution is 2.28. The predicted molar refractivity (Wildman–Crippen MR) is 80.0 cm³/mol. The highest BCUT2D eigenvalue weighted by atomic mass is 79.9. The topological polar surface area (TPSA) is 48.0 Å². The first-order valence-electron chi connectivity index (χ1n) is 5.50. The molecule has 1 heterocycles. The Hall–Kier alpha value is -1.20. The second-order valence-corrected chi connectivity index (χ2v) is 5.82. The molecule has 0 atom stereocenters. The molecule has 0 amide bonds. The van der Waals surface area contributed by atoms with Crippen LogP contribution in [0, 0.1) is 0 Å². The first kappa shape index (κ1) is 13.2. The third-order valence-electron chi connectivity index (χ3n) is 2.46. The van der Waals surface area contributed by atoms with Gasteiger partial charge in [-0.2, -0.15) is 0 Å². The number of nitrogens with zero attached hydrogens (tertiary/aromatic N) is 1. The molecule has 0 fully saturated rings. The Morgan fingerprint density at radius 3 is 2.89 bits per heavy atom. The zero-order valence-electron chi connectivity index (χ0n) is 9.67. The lowest BCUT2D eigenvalue weighted by molar-refractivity contribution is 0.735. The summed E-state index contributed by atoms with van der Waals surface area (Å²) in [6.45, 7) is 0.677. The van der Waals surface area contributed by atoms with Gasteiger partial charge >= 0.3 is 0 Å². The SMILES string of the molecule is Nc1ccc(Br)cc1SCCn1ccccc1=O. The molecule has 2 rings (SSSR count). The summed E-state index contributed by atoms with van der Waals surface area (Å²) in [4.78, 5) is 12.5. The number of nitrogens with two attached hydrogens (primary N) is 1. The molecule has 0 bridgehead atoms. The van der Waals surface area contributed by atoms with Gasteiger partial charge in [0.15, 0.2) is 0 Å². The fraction of sp³-hybridized carbons (Fsp3) is 0.154. The number of pyridine rings is 1. The van der Waals surface area contributed by atoms with Gasteiger partial charge in [-0.3, -0.25) is 4.79 Å². The van der Waals surface area contributed by atoms with Crippen LogP contribution in [0.5, 0.6) is 0 Å². The van der Waals surface area contributed by atoms with Crippen LogP contribution < -0.4 is 11.3 Å². The van der Waals surface area contributed by atoms with Crippen molar-refractivity contribution in [1.29, 1.82) is 0 Å². The Bertz CT molecular complexity index is 598. The van der Waals surface area contributed by atoms with Crippen molar-refractivity contribution in [3.05, 3.63) is 57.4 Å². The van der Waals surface area contributed by atoms with Gasteiger partial charge in [0.05, 0.1) is 0 Å². The van der Waals surface area contributed by atoms with E-state index >= 15 is 0 Å². The van der Waals surface area contributed by atoms with E-state index < -0.39 is 0 Å². The van der Waals surface area contributed by atoms with E-state index in [-0.39, 0.29) is 5.56 Å². The van der Waals surface area contributed by atoms with Crippen LogP contribution in [0.1, 0.15) is 0 Å². The summed E-state index contributed by atoms with van der Waals surface area (Å²) in [5.41, 5.74) is 6.68. The van der Waals surface area contributed by atoms with E-state index in [4.69, 9.17) is 5.73 Å². The predicted octanol–water partition coefficient (Wildman–Crippen LogP) is 2.99. The molecule has 1 aromatic heterocycles. The van der Waals surface area contributed by atoms with Crippen LogP contribution in [-0.2, 0) is 6.54 Å².